The Morgan fingerprint density at radius 3 is 0.989 bits per heavy atom. The number of likely N-dealkylation sites (N-methyl/N-ethyl adjacent to an activating group) is 1. The van der Waals surface area contributed by atoms with Gasteiger partial charge in [0.15, 0.2) is 12.4 Å². The molecule has 0 aliphatic carbocycles. The molecule has 504 valence electrons. The number of ether oxygens (including phenoxy) is 4. The maximum absolute atomic E-state index is 12.9. The van der Waals surface area contributed by atoms with Gasteiger partial charge in [0.05, 0.1) is 40.3 Å². The largest absolute Gasteiger partial charge is 0.545 e. The minimum absolute atomic E-state index is 0.148. The molecule has 0 heterocycles. The molecule has 0 N–H and O–H groups in total. The van der Waals surface area contributed by atoms with Crippen LogP contribution in [-0.4, -0.2) is 82.3 Å². The van der Waals surface area contributed by atoms with Gasteiger partial charge in [-0.3, -0.25) is 9.59 Å². The van der Waals surface area contributed by atoms with Gasteiger partial charge in [-0.25, -0.2) is 0 Å². The van der Waals surface area contributed by atoms with Crippen molar-refractivity contribution in [2.24, 2.45) is 0 Å². The third-order valence-electron chi connectivity index (χ3n) is 16.1. The molecule has 0 amide bonds. The number of carbonyl (C=O) groups is 3. The second-order valence-electron chi connectivity index (χ2n) is 25.9. The van der Waals surface area contributed by atoms with Crippen molar-refractivity contribution in [1.82, 2.24) is 0 Å². The Kier molecular flexibility index (Phi) is 65.6. The van der Waals surface area contributed by atoms with Gasteiger partial charge in [-0.1, -0.05) is 317 Å². The molecule has 0 spiro atoms. The Labute approximate surface area is 538 Å². The number of esters is 2. The van der Waals surface area contributed by atoms with Crippen LogP contribution in [0, 0.1) is 0 Å². The lowest BCUT2D eigenvalue weighted by Crippen LogP contribution is -2.44. The van der Waals surface area contributed by atoms with Crippen LogP contribution in [0.4, 0.5) is 0 Å². The Bertz CT molecular complexity index is 1700. The third-order valence-corrected chi connectivity index (χ3v) is 16.1. The van der Waals surface area contributed by atoms with Gasteiger partial charge in [-0.15, -0.1) is 0 Å². The number of hydrogen-bond acceptors (Lipinski definition) is 8. The fourth-order valence-corrected chi connectivity index (χ4v) is 10.5. The van der Waals surface area contributed by atoms with E-state index in [1.165, 1.54) is 231 Å². The number of aliphatic carboxylic acids is 1. The van der Waals surface area contributed by atoms with E-state index in [0.29, 0.717) is 23.9 Å². The molecule has 0 aliphatic rings. The zero-order valence-corrected chi connectivity index (χ0v) is 57.6. The number of carboxylic acid groups (broad SMARTS) is 1. The van der Waals surface area contributed by atoms with Gasteiger partial charge in [-0.2, -0.15) is 0 Å². The Hall–Kier alpha value is -3.53. The summed E-state index contributed by atoms with van der Waals surface area (Å²) >= 11 is 0. The van der Waals surface area contributed by atoms with Crippen molar-refractivity contribution in [1.29, 1.82) is 0 Å². The van der Waals surface area contributed by atoms with E-state index in [2.05, 4.69) is 98.9 Å². The molecular weight excluding hydrogens is 1080 g/mol. The average molecular weight is 1220 g/mol. The van der Waals surface area contributed by atoms with E-state index in [-0.39, 0.29) is 32.2 Å². The van der Waals surface area contributed by atoms with E-state index < -0.39 is 24.3 Å². The zero-order chi connectivity index (χ0) is 63.3. The summed E-state index contributed by atoms with van der Waals surface area (Å²) in [4.78, 5) is 37.5. The molecule has 9 nitrogen and oxygen atoms in total. The summed E-state index contributed by atoms with van der Waals surface area (Å²) in [7, 11) is 5.94. The number of allylic oxidation sites excluding steroid dienone is 14. The molecule has 0 saturated heterocycles. The fourth-order valence-electron chi connectivity index (χ4n) is 10.5. The minimum atomic E-state index is -1.62. The average Bonchev–Trinajstić information content (AvgIpc) is 3.55. The van der Waals surface area contributed by atoms with Gasteiger partial charge >= 0.3 is 11.9 Å². The number of carboxylic acids is 1. The SMILES string of the molecule is CC/C=C\C/C=C\C/C=C\C/C=C\C/C=C\C/C=C\CCCCCCCCCCCCCCCCCCCCCCC(=O)OC(COC(=O)CCCCCCCCCCCCC/C=C\CCCCCCCCCC)COC(OCC[N+](C)(C)C)C(=O)[O-]. The molecule has 0 fully saturated rings. The summed E-state index contributed by atoms with van der Waals surface area (Å²) in [5.74, 6) is -2.26. The van der Waals surface area contributed by atoms with Crippen LogP contribution in [-0.2, 0) is 33.3 Å². The highest BCUT2D eigenvalue weighted by Crippen LogP contribution is 2.18. The number of unbranched alkanes of at least 4 members (excludes halogenated alkanes) is 39. The maximum Gasteiger partial charge on any atom is 0.306 e. The summed E-state index contributed by atoms with van der Waals surface area (Å²) in [6.07, 6.45) is 89.6. The fraction of sp³-hybridized carbons (Fsp3) is 0.782. The topological polar surface area (TPSA) is 111 Å². The molecule has 0 aromatic carbocycles. The first-order chi connectivity index (χ1) is 42.6. The van der Waals surface area contributed by atoms with E-state index in [9.17, 15) is 19.5 Å². The summed E-state index contributed by atoms with van der Waals surface area (Å²) in [6.45, 7) is 4.68. The third kappa shape index (κ3) is 69.8. The number of quaternary nitrogens is 1. The standard InChI is InChI=1S/C78H139NO8/c1-6-8-10-12-14-16-18-20-22-24-26-28-30-31-32-33-34-35-36-37-38-39-40-41-42-43-44-45-47-49-51-53-55-57-59-61-63-65-67-69-76(81)87-74(73-86-78(77(82)83)84-71-70-79(3,4)5)72-85-75(80)68-66-64-62-60-58-56-54-52-50-48-46-29-27-25-23-21-19-17-15-13-11-9-7-2/h8,10,14,16,20,22,25-28,31-32,34-35,74,78H,6-7,9,11-13,15,17-19,21,23-24,29-30,33,36-73H2,1-5H3/b10-8-,16-14-,22-20-,27-25-,28-26-,32-31-,35-34-. The highest BCUT2D eigenvalue weighted by Gasteiger charge is 2.22. The molecule has 0 aromatic rings. The van der Waals surface area contributed by atoms with Crippen LogP contribution in [0.2, 0.25) is 0 Å². The first-order valence-electron chi connectivity index (χ1n) is 36.7. The van der Waals surface area contributed by atoms with E-state index in [1.54, 1.807) is 0 Å². The van der Waals surface area contributed by atoms with Gasteiger partial charge in [0.2, 0.25) is 0 Å². The lowest BCUT2D eigenvalue weighted by atomic mass is 10.0. The second kappa shape index (κ2) is 68.4. The van der Waals surface area contributed by atoms with Crippen molar-refractivity contribution in [2.45, 2.75) is 347 Å². The number of hydrogen-bond donors (Lipinski definition) is 0. The van der Waals surface area contributed by atoms with E-state index >= 15 is 0 Å². The van der Waals surface area contributed by atoms with Crippen molar-refractivity contribution in [3.63, 3.8) is 0 Å². The molecule has 0 aromatic heterocycles. The lowest BCUT2D eigenvalue weighted by Gasteiger charge is -2.26. The Morgan fingerprint density at radius 2 is 0.655 bits per heavy atom. The number of carbonyl (C=O) groups excluding carboxylic acids is 3. The van der Waals surface area contributed by atoms with Crippen LogP contribution in [0.3, 0.4) is 0 Å². The Balaban J connectivity index is 4.02. The highest BCUT2D eigenvalue weighted by molar-refractivity contribution is 5.70. The first-order valence-corrected chi connectivity index (χ1v) is 36.7. The van der Waals surface area contributed by atoms with Crippen molar-refractivity contribution in [2.75, 3.05) is 47.5 Å². The van der Waals surface area contributed by atoms with Crippen molar-refractivity contribution < 1.29 is 42.9 Å². The molecule has 0 saturated carbocycles. The normalized spacial score (nSPS) is 13.2. The zero-order valence-electron chi connectivity index (χ0n) is 57.6. The minimum Gasteiger partial charge on any atom is -0.545 e. The van der Waals surface area contributed by atoms with Crippen LogP contribution < -0.4 is 5.11 Å². The molecular formula is C78H139NO8. The molecule has 0 radical (unpaired) electrons. The monoisotopic (exact) mass is 1220 g/mol. The number of nitrogens with zero attached hydrogens (tertiary/aromatic N) is 1. The lowest BCUT2D eigenvalue weighted by molar-refractivity contribution is -0.870. The first kappa shape index (κ1) is 83.5. The molecule has 2 atom stereocenters. The van der Waals surface area contributed by atoms with E-state index in [0.717, 1.165) is 70.6 Å². The summed E-state index contributed by atoms with van der Waals surface area (Å²) in [5.41, 5.74) is 0. The van der Waals surface area contributed by atoms with Gasteiger partial charge in [0.25, 0.3) is 0 Å². The van der Waals surface area contributed by atoms with Gasteiger partial charge < -0.3 is 33.3 Å². The summed E-state index contributed by atoms with van der Waals surface area (Å²) in [6, 6.07) is 0. The van der Waals surface area contributed by atoms with Crippen molar-refractivity contribution >= 4 is 17.9 Å². The summed E-state index contributed by atoms with van der Waals surface area (Å²) < 4.78 is 22.8. The van der Waals surface area contributed by atoms with Crippen LogP contribution in [0.15, 0.2) is 85.1 Å². The summed E-state index contributed by atoms with van der Waals surface area (Å²) in [5, 5.41) is 11.8. The van der Waals surface area contributed by atoms with Crippen LogP contribution in [0.25, 0.3) is 0 Å². The highest BCUT2D eigenvalue weighted by atomic mass is 16.7. The molecule has 0 aliphatic heterocycles. The maximum atomic E-state index is 12.9. The van der Waals surface area contributed by atoms with Crippen molar-refractivity contribution in [3.8, 4) is 0 Å². The van der Waals surface area contributed by atoms with E-state index in [1.807, 2.05) is 21.1 Å². The molecule has 0 bridgehead atoms. The van der Waals surface area contributed by atoms with Gasteiger partial charge in [0.1, 0.15) is 13.2 Å². The van der Waals surface area contributed by atoms with Gasteiger partial charge in [0, 0.05) is 12.8 Å². The number of rotatable bonds is 68. The van der Waals surface area contributed by atoms with Crippen LogP contribution in [0.1, 0.15) is 335 Å². The molecule has 0 rings (SSSR count). The van der Waals surface area contributed by atoms with Gasteiger partial charge in [-0.05, 0) is 89.9 Å². The quantitative estimate of drug-likeness (QED) is 0.0195. The molecule has 87 heavy (non-hydrogen) atoms. The van der Waals surface area contributed by atoms with E-state index in [4.69, 9.17) is 18.9 Å². The van der Waals surface area contributed by atoms with Crippen molar-refractivity contribution in [3.05, 3.63) is 85.1 Å². The smallest absolute Gasteiger partial charge is 0.306 e. The molecule has 9 heteroatoms. The second-order valence-corrected chi connectivity index (χ2v) is 25.9. The Morgan fingerprint density at radius 1 is 0.356 bits per heavy atom. The predicted octanol–water partition coefficient (Wildman–Crippen LogP) is 21.7. The van der Waals surface area contributed by atoms with Crippen LogP contribution >= 0.6 is 0 Å². The van der Waals surface area contributed by atoms with Crippen LogP contribution in [0.5, 0.6) is 0 Å². The predicted molar refractivity (Wildman–Crippen MR) is 371 cm³/mol. The molecule has 2 unspecified atom stereocenters.